The van der Waals surface area contributed by atoms with Crippen molar-refractivity contribution in [2.75, 3.05) is 5.73 Å². The van der Waals surface area contributed by atoms with E-state index in [0.717, 1.165) is 34.6 Å². The quantitative estimate of drug-likeness (QED) is 0.945. The van der Waals surface area contributed by atoms with E-state index in [2.05, 4.69) is 11.5 Å². The van der Waals surface area contributed by atoms with Gasteiger partial charge in [-0.15, -0.1) is 4.09 Å². The maximum Gasteiger partial charge on any atom is 0.284 e. The van der Waals surface area contributed by atoms with Crippen molar-refractivity contribution >= 4 is 15.8 Å². The van der Waals surface area contributed by atoms with Gasteiger partial charge in [0.15, 0.2) is 0 Å². The van der Waals surface area contributed by atoms with Crippen LogP contribution >= 0.6 is 0 Å². The lowest BCUT2D eigenvalue weighted by atomic mass is 10.1. The molecule has 0 spiro atoms. The van der Waals surface area contributed by atoms with Crippen molar-refractivity contribution < 1.29 is 8.42 Å². The fourth-order valence-corrected chi connectivity index (χ4v) is 3.84. The molecule has 2 aromatic rings. The van der Waals surface area contributed by atoms with Crippen LogP contribution in [-0.2, 0) is 10.0 Å². The lowest BCUT2D eigenvalue weighted by Crippen LogP contribution is -2.17. The minimum absolute atomic E-state index is 0.164. The topological polar surface area (TPSA) is 78.0 Å². The number of hydrogen-bond acceptors (Lipinski definition) is 4. The number of benzene rings is 1. The van der Waals surface area contributed by atoms with Crippen molar-refractivity contribution in [1.29, 1.82) is 0 Å². The molecule has 1 aromatic heterocycles. The van der Waals surface area contributed by atoms with Crippen LogP contribution in [0.5, 0.6) is 0 Å². The molecule has 1 fully saturated rings. The first kappa shape index (κ1) is 14.1. The second-order valence-corrected chi connectivity index (χ2v) is 7.22. The van der Waals surface area contributed by atoms with Gasteiger partial charge in [-0.25, -0.2) is 0 Å². The molecule has 1 heterocycles. The van der Waals surface area contributed by atoms with Crippen molar-refractivity contribution in [3.8, 4) is 0 Å². The third-order valence-electron chi connectivity index (χ3n) is 3.86. The molecule has 2 N–H and O–H groups in total. The minimum Gasteiger partial charge on any atom is -0.383 e. The third kappa shape index (κ3) is 2.55. The van der Waals surface area contributed by atoms with Crippen LogP contribution in [0.3, 0.4) is 0 Å². The average molecular weight is 304 g/mol. The largest absolute Gasteiger partial charge is 0.383 e. The van der Waals surface area contributed by atoms with Crippen molar-refractivity contribution in [2.45, 2.75) is 37.0 Å². The van der Waals surface area contributed by atoms with E-state index in [1.54, 1.807) is 30.3 Å². The normalized spacial score (nSPS) is 16.4. The molecule has 3 rings (SSSR count). The minimum atomic E-state index is -3.72. The number of nitrogens with zero attached hydrogens (tertiary/aromatic N) is 2. The number of aryl methyl sites for hydroxylation is 1. The van der Waals surface area contributed by atoms with E-state index in [4.69, 9.17) is 5.73 Å². The van der Waals surface area contributed by atoms with Gasteiger partial charge < -0.3 is 5.73 Å². The smallest absolute Gasteiger partial charge is 0.284 e. The van der Waals surface area contributed by atoms with Gasteiger partial charge in [0.05, 0.1) is 10.6 Å². The second kappa shape index (κ2) is 5.18. The first-order valence-corrected chi connectivity index (χ1v) is 8.42. The Balaban J connectivity index is 2.00. The van der Waals surface area contributed by atoms with Gasteiger partial charge in [0.25, 0.3) is 10.0 Å². The summed E-state index contributed by atoms with van der Waals surface area (Å²) in [5.74, 6) is 0.444. The predicted molar refractivity (Wildman–Crippen MR) is 81.3 cm³/mol. The Morgan fingerprint density at radius 1 is 1.29 bits per heavy atom. The van der Waals surface area contributed by atoms with Crippen LogP contribution in [0.1, 0.15) is 36.4 Å². The molecule has 5 nitrogen and oxygen atoms in total. The predicted octanol–water partition coefficient (Wildman–Crippen LogP) is 2.48. The zero-order valence-corrected chi connectivity index (χ0v) is 12.7. The van der Waals surface area contributed by atoms with Crippen LogP contribution in [0.2, 0.25) is 0 Å². The standard InChI is InChI=1S/C15H18N3O2S/c1-11-6-8-13(9-7-11)21(19,20)18-15(16)10-14(17-18)12-4-2-3-5-12/h2,6-10,12H,3-5,16H2,1H3/t12-/m0/s1. The average Bonchev–Trinajstić information content (AvgIpc) is 3.08. The number of rotatable bonds is 3. The zero-order valence-electron chi connectivity index (χ0n) is 11.9. The number of anilines is 1. The molecule has 0 amide bonds. The summed E-state index contributed by atoms with van der Waals surface area (Å²) in [5.41, 5.74) is 7.64. The van der Waals surface area contributed by atoms with Gasteiger partial charge in [-0.2, -0.15) is 13.5 Å². The van der Waals surface area contributed by atoms with Gasteiger partial charge in [-0.3, -0.25) is 0 Å². The molecule has 111 valence electrons. The van der Waals surface area contributed by atoms with Crippen LogP contribution in [0.25, 0.3) is 0 Å². The molecule has 0 saturated heterocycles. The molecular weight excluding hydrogens is 286 g/mol. The highest BCUT2D eigenvalue weighted by molar-refractivity contribution is 7.90. The van der Waals surface area contributed by atoms with Crippen molar-refractivity contribution in [2.24, 2.45) is 0 Å². The van der Waals surface area contributed by atoms with Crippen LogP contribution in [0.4, 0.5) is 5.82 Å². The lowest BCUT2D eigenvalue weighted by molar-refractivity contribution is 0.578. The zero-order chi connectivity index (χ0) is 15.0. The monoisotopic (exact) mass is 304 g/mol. The van der Waals surface area contributed by atoms with E-state index in [1.807, 2.05) is 6.92 Å². The number of aromatic nitrogens is 2. The fraction of sp³-hybridized carbons (Fsp3) is 0.333. The van der Waals surface area contributed by atoms with E-state index in [-0.39, 0.29) is 16.6 Å². The molecule has 1 radical (unpaired) electrons. The molecule has 1 saturated carbocycles. The van der Waals surface area contributed by atoms with E-state index >= 15 is 0 Å². The summed E-state index contributed by atoms with van der Waals surface area (Å²) < 4.78 is 26.2. The number of nitrogen functional groups attached to an aromatic ring is 1. The van der Waals surface area contributed by atoms with Crippen molar-refractivity contribution in [3.63, 3.8) is 0 Å². The number of hydrogen-bond donors (Lipinski definition) is 1. The highest BCUT2D eigenvalue weighted by atomic mass is 32.2. The Kier molecular flexibility index (Phi) is 3.49. The molecule has 0 unspecified atom stereocenters. The maximum atomic E-state index is 12.6. The molecule has 0 aliphatic heterocycles. The Morgan fingerprint density at radius 2 is 2.00 bits per heavy atom. The SMILES string of the molecule is Cc1ccc(S(=O)(=O)n2nc([C@H]3C[CH]CC3)cc2N)cc1. The van der Waals surface area contributed by atoms with Gasteiger partial charge in [-0.1, -0.05) is 17.7 Å². The number of nitrogens with two attached hydrogens (primary N) is 1. The molecule has 1 atom stereocenters. The Morgan fingerprint density at radius 3 is 2.62 bits per heavy atom. The molecule has 1 aliphatic rings. The first-order valence-electron chi connectivity index (χ1n) is 6.98. The summed E-state index contributed by atoms with van der Waals surface area (Å²) in [4.78, 5) is 0.201. The summed E-state index contributed by atoms with van der Waals surface area (Å²) in [5, 5.41) is 4.25. The Hall–Kier alpha value is -1.82. The van der Waals surface area contributed by atoms with Gasteiger partial charge in [-0.05, 0) is 44.7 Å². The summed E-state index contributed by atoms with van der Waals surface area (Å²) in [6, 6.07) is 8.36. The molecule has 0 bridgehead atoms. The van der Waals surface area contributed by atoms with Crippen LogP contribution in [0, 0.1) is 13.3 Å². The summed E-state index contributed by atoms with van der Waals surface area (Å²) in [7, 11) is -3.72. The lowest BCUT2D eigenvalue weighted by Gasteiger charge is -2.07. The molecular formula is C15H18N3O2S. The van der Waals surface area contributed by atoms with E-state index in [9.17, 15) is 8.42 Å². The first-order chi connectivity index (χ1) is 9.98. The van der Waals surface area contributed by atoms with Gasteiger partial charge in [0, 0.05) is 12.0 Å². The third-order valence-corrected chi connectivity index (χ3v) is 5.47. The maximum absolute atomic E-state index is 12.6. The van der Waals surface area contributed by atoms with E-state index in [1.165, 1.54) is 0 Å². The summed E-state index contributed by atoms with van der Waals surface area (Å²) >= 11 is 0. The van der Waals surface area contributed by atoms with Gasteiger partial charge in [0.1, 0.15) is 5.82 Å². The molecule has 1 aromatic carbocycles. The second-order valence-electron chi connectivity index (χ2n) is 5.45. The highest BCUT2D eigenvalue weighted by Gasteiger charge is 2.25. The van der Waals surface area contributed by atoms with Crippen molar-refractivity contribution in [3.05, 3.63) is 48.0 Å². The molecule has 21 heavy (non-hydrogen) atoms. The van der Waals surface area contributed by atoms with Crippen LogP contribution in [-0.4, -0.2) is 17.6 Å². The Labute approximate surface area is 124 Å². The summed E-state index contributed by atoms with van der Waals surface area (Å²) in [6.07, 6.45) is 5.18. The van der Waals surface area contributed by atoms with Gasteiger partial charge >= 0.3 is 0 Å². The van der Waals surface area contributed by atoms with Crippen LogP contribution in [0.15, 0.2) is 35.2 Å². The van der Waals surface area contributed by atoms with Gasteiger partial charge in [0.2, 0.25) is 0 Å². The van der Waals surface area contributed by atoms with E-state index < -0.39 is 10.0 Å². The molecule has 6 heteroatoms. The molecule has 1 aliphatic carbocycles. The van der Waals surface area contributed by atoms with Crippen LogP contribution < -0.4 is 5.73 Å². The van der Waals surface area contributed by atoms with Crippen molar-refractivity contribution in [1.82, 2.24) is 9.19 Å². The Bertz CT molecular complexity index is 742. The summed E-state index contributed by atoms with van der Waals surface area (Å²) in [6.45, 7) is 1.91. The highest BCUT2D eigenvalue weighted by Crippen LogP contribution is 2.34. The van der Waals surface area contributed by atoms with E-state index in [0.29, 0.717) is 0 Å². The fourth-order valence-electron chi connectivity index (χ4n) is 2.62.